The number of nitrogens with zero attached hydrogens (tertiary/aromatic N) is 2. The minimum Gasteiger partial charge on any atom is -0.490 e. The average Bonchev–Trinajstić information content (AvgIpc) is 2.76. The Labute approximate surface area is 196 Å². The first-order valence-electron chi connectivity index (χ1n) is 10.2. The van der Waals surface area contributed by atoms with Crippen molar-refractivity contribution < 1.29 is 9.53 Å². The van der Waals surface area contributed by atoms with Crippen LogP contribution in [-0.2, 0) is 6.54 Å². The number of hydrogen-bond acceptors (Lipinski definition) is 3. The first-order chi connectivity index (χ1) is 14.2. The normalized spacial score (nSPS) is 14.6. The average molecular weight is 522 g/mol. The second kappa shape index (κ2) is 12.4. The van der Waals surface area contributed by atoms with Gasteiger partial charge in [-0.1, -0.05) is 30.3 Å². The number of carbonyl (C=O) groups excluding carboxylic acids is 1. The topological polar surface area (TPSA) is 66.0 Å². The van der Waals surface area contributed by atoms with Crippen molar-refractivity contribution >= 4 is 35.8 Å². The van der Waals surface area contributed by atoms with Crippen LogP contribution in [0.3, 0.4) is 0 Å². The quantitative estimate of drug-likeness (QED) is 0.345. The molecule has 30 heavy (non-hydrogen) atoms. The maximum atomic E-state index is 11.9. The van der Waals surface area contributed by atoms with Gasteiger partial charge < -0.3 is 20.3 Å². The second-order valence-electron chi connectivity index (χ2n) is 7.07. The number of amides is 1. The summed E-state index contributed by atoms with van der Waals surface area (Å²) < 4.78 is 6.07. The van der Waals surface area contributed by atoms with Gasteiger partial charge in [0.15, 0.2) is 5.96 Å². The van der Waals surface area contributed by atoms with Gasteiger partial charge in [0, 0.05) is 51.6 Å². The van der Waals surface area contributed by atoms with E-state index >= 15 is 0 Å². The van der Waals surface area contributed by atoms with Crippen LogP contribution in [0.1, 0.15) is 35.7 Å². The molecule has 1 saturated heterocycles. The Balaban J connectivity index is 0.00000320. The van der Waals surface area contributed by atoms with E-state index in [9.17, 15) is 4.79 Å². The number of guanidine groups is 1. The molecule has 0 aromatic heterocycles. The van der Waals surface area contributed by atoms with Gasteiger partial charge >= 0.3 is 0 Å². The number of ether oxygens (including phenoxy) is 1. The Bertz CT molecular complexity index is 804. The van der Waals surface area contributed by atoms with E-state index in [0.29, 0.717) is 18.7 Å². The molecule has 2 aromatic rings. The highest BCUT2D eigenvalue weighted by Gasteiger charge is 2.22. The minimum atomic E-state index is -0.0385. The Morgan fingerprint density at radius 2 is 1.73 bits per heavy atom. The number of likely N-dealkylation sites (tertiary alicyclic amines) is 1. The molecule has 162 valence electrons. The highest BCUT2D eigenvalue weighted by molar-refractivity contribution is 14.0. The molecule has 6 nitrogen and oxygen atoms in total. The van der Waals surface area contributed by atoms with E-state index in [-0.39, 0.29) is 36.0 Å². The van der Waals surface area contributed by atoms with Crippen molar-refractivity contribution in [2.75, 3.05) is 26.7 Å². The highest BCUT2D eigenvalue weighted by atomic mass is 127. The van der Waals surface area contributed by atoms with Crippen molar-refractivity contribution in [2.45, 2.75) is 32.4 Å². The summed E-state index contributed by atoms with van der Waals surface area (Å²) in [4.78, 5) is 18.6. The third-order valence-electron chi connectivity index (χ3n) is 5.00. The van der Waals surface area contributed by atoms with Gasteiger partial charge in [0.25, 0.3) is 5.91 Å². The summed E-state index contributed by atoms with van der Waals surface area (Å²) in [6, 6.07) is 17.7. The van der Waals surface area contributed by atoms with Crippen LogP contribution in [0.2, 0.25) is 0 Å². The third-order valence-corrected chi connectivity index (χ3v) is 5.00. The predicted octanol–water partition coefficient (Wildman–Crippen LogP) is 3.67. The van der Waals surface area contributed by atoms with E-state index in [2.05, 4.69) is 20.5 Å². The molecule has 1 amide bonds. The van der Waals surface area contributed by atoms with Crippen LogP contribution in [-0.4, -0.2) is 49.6 Å². The molecule has 1 fully saturated rings. The monoisotopic (exact) mass is 522 g/mol. The van der Waals surface area contributed by atoms with E-state index in [1.54, 1.807) is 0 Å². The van der Waals surface area contributed by atoms with Crippen LogP contribution in [0.15, 0.2) is 59.6 Å². The summed E-state index contributed by atoms with van der Waals surface area (Å²) in [7, 11) is 1.81. The predicted molar refractivity (Wildman–Crippen MR) is 132 cm³/mol. The van der Waals surface area contributed by atoms with Crippen LogP contribution >= 0.6 is 24.0 Å². The van der Waals surface area contributed by atoms with Gasteiger partial charge in [0.05, 0.1) is 0 Å². The summed E-state index contributed by atoms with van der Waals surface area (Å²) in [5.41, 5.74) is 1.79. The van der Waals surface area contributed by atoms with Gasteiger partial charge in [-0.25, -0.2) is 0 Å². The number of rotatable bonds is 6. The maximum absolute atomic E-state index is 11.9. The summed E-state index contributed by atoms with van der Waals surface area (Å²) in [6.45, 7) is 5.04. The molecular weight excluding hydrogens is 491 g/mol. The summed E-state index contributed by atoms with van der Waals surface area (Å²) >= 11 is 0. The summed E-state index contributed by atoms with van der Waals surface area (Å²) in [5, 5.41) is 6.24. The lowest BCUT2D eigenvalue weighted by molar-refractivity contribution is 0.0955. The smallest absolute Gasteiger partial charge is 0.251 e. The molecular formula is C23H31IN4O2. The Morgan fingerprint density at radius 1 is 1.07 bits per heavy atom. The van der Waals surface area contributed by atoms with Crippen molar-refractivity contribution in [3.63, 3.8) is 0 Å². The van der Waals surface area contributed by atoms with Crippen LogP contribution in [0, 0.1) is 0 Å². The number of aliphatic imine (C=N–C) groups is 1. The van der Waals surface area contributed by atoms with Crippen molar-refractivity contribution in [1.82, 2.24) is 15.5 Å². The molecule has 2 aromatic carbocycles. The number of nitrogens with one attached hydrogen (secondary N) is 2. The molecule has 0 unspecified atom stereocenters. The molecule has 0 spiro atoms. The molecule has 0 radical (unpaired) electrons. The Kier molecular flexibility index (Phi) is 9.93. The molecule has 7 heteroatoms. The standard InChI is InChI=1S/C23H30N4O2.HI/c1-3-25-22(28)19-11-9-18(10-12-19)17-26-23(24-2)27-15-13-21(14-16-27)29-20-7-5-4-6-8-20;/h4-12,21H,3,13-17H2,1-2H3,(H,24,26)(H,25,28);1H. The zero-order valence-corrected chi connectivity index (χ0v) is 20.0. The van der Waals surface area contributed by atoms with Crippen molar-refractivity contribution in [2.24, 2.45) is 4.99 Å². The fourth-order valence-electron chi connectivity index (χ4n) is 3.43. The molecule has 0 saturated carbocycles. The number of hydrogen-bond donors (Lipinski definition) is 2. The fourth-order valence-corrected chi connectivity index (χ4v) is 3.43. The Morgan fingerprint density at radius 3 is 2.33 bits per heavy atom. The fraction of sp³-hybridized carbons (Fsp3) is 0.391. The van der Waals surface area contributed by atoms with E-state index in [4.69, 9.17) is 4.74 Å². The lowest BCUT2D eigenvalue weighted by Gasteiger charge is -2.34. The van der Waals surface area contributed by atoms with Crippen LogP contribution in [0.5, 0.6) is 5.75 Å². The van der Waals surface area contributed by atoms with Crippen LogP contribution in [0.25, 0.3) is 0 Å². The number of halogens is 1. The zero-order valence-electron chi connectivity index (χ0n) is 17.6. The van der Waals surface area contributed by atoms with Gasteiger partial charge in [-0.15, -0.1) is 24.0 Å². The summed E-state index contributed by atoms with van der Waals surface area (Å²) in [6.07, 6.45) is 2.18. The largest absolute Gasteiger partial charge is 0.490 e. The summed E-state index contributed by atoms with van der Waals surface area (Å²) in [5.74, 6) is 1.80. The molecule has 1 aliphatic rings. The Hall–Kier alpha value is -2.29. The molecule has 0 bridgehead atoms. The highest BCUT2D eigenvalue weighted by Crippen LogP contribution is 2.18. The lowest BCUT2D eigenvalue weighted by Crippen LogP contribution is -2.47. The van der Waals surface area contributed by atoms with E-state index in [1.165, 1.54) is 0 Å². The lowest BCUT2D eigenvalue weighted by atomic mass is 10.1. The van der Waals surface area contributed by atoms with E-state index < -0.39 is 0 Å². The van der Waals surface area contributed by atoms with Crippen molar-refractivity contribution in [1.29, 1.82) is 0 Å². The van der Waals surface area contributed by atoms with Crippen LogP contribution in [0.4, 0.5) is 0 Å². The minimum absolute atomic E-state index is 0. The molecule has 0 aliphatic carbocycles. The number of benzene rings is 2. The molecule has 1 heterocycles. The molecule has 2 N–H and O–H groups in total. The number of piperidine rings is 1. The SMILES string of the molecule is CCNC(=O)c1ccc(CNC(=NC)N2CCC(Oc3ccccc3)CC2)cc1.I. The van der Waals surface area contributed by atoms with Gasteiger partial charge in [0.1, 0.15) is 11.9 Å². The van der Waals surface area contributed by atoms with Gasteiger partial charge in [0.2, 0.25) is 0 Å². The third kappa shape index (κ3) is 6.90. The second-order valence-corrected chi connectivity index (χ2v) is 7.07. The maximum Gasteiger partial charge on any atom is 0.251 e. The first kappa shape index (κ1) is 24.0. The molecule has 1 aliphatic heterocycles. The number of para-hydroxylation sites is 1. The van der Waals surface area contributed by atoms with Crippen molar-refractivity contribution in [3.8, 4) is 5.75 Å². The molecule has 0 atom stereocenters. The zero-order chi connectivity index (χ0) is 20.5. The van der Waals surface area contributed by atoms with Gasteiger partial charge in [-0.2, -0.15) is 0 Å². The van der Waals surface area contributed by atoms with Crippen molar-refractivity contribution in [3.05, 3.63) is 65.7 Å². The number of carbonyl (C=O) groups is 1. The first-order valence-corrected chi connectivity index (χ1v) is 10.2. The van der Waals surface area contributed by atoms with Crippen LogP contribution < -0.4 is 15.4 Å². The van der Waals surface area contributed by atoms with E-state index in [1.807, 2.05) is 68.6 Å². The van der Waals surface area contributed by atoms with Gasteiger partial charge in [-0.05, 0) is 36.8 Å². The molecule has 3 rings (SSSR count). The van der Waals surface area contributed by atoms with E-state index in [0.717, 1.165) is 43.2 Å². The van der Waals surface area contributed by atoms with Gasteiger partial charge in [-0.3, -0.25) is 9.79 Å².